The fourth-order valence-corrected chi connectivity index (χ4v) is 2.47. The summed E-state index contributed by atoms with van der Waals surface area (Å²) in [5, 5.41) is 5.99. The lowest BCUT2D eigenvalue weighted by molar-refractivity contribution is 0.0977. The van der Waals surface area contributed by atoms with Crippen LogP contribution in [0.4, 0.5) is 5.69 Å². The summed E-state index contributed by atoms with van der Waals surface area (Å²) in [7, 11) is 0. The number of pyridine rings is 1. The summed E-state index contributed by atoms with van der Waals surface area (Å²) in [6, 6.07) is 20.5. The highest BCUT2D eigenvalue weighted by Crippen LogP contribution is 2.11. The first-order chi connectivity index (χ1) is 12.7. The van der Waals surface area contributed by atoms with E-state index in [1.54, 1.807) is 24.5 Å². The molecule has 1 aromatic heterocycles. The zero-order valence-electron chi connectivity index (χ0n) is 13.9. The Bertz CT molecular complexity index is 881. The maximum Gasteiger partial charge on any atom is 0.257 e. The second-order valence-corrected chi connectivity index (χ2v) is 6.39. The smallest absolute Gasteiger partial charge is 0.257 e. The number of para-hydroxylation sites is 1. The Hall–Kier alpha value is -2.99. The minimum atomic E-state index is -0.227. The van der Waals surface area contributed by atoms with E-state index in [-0.39, 0.29) is 5.91 Å². The van der Waals surface area contributed by atoms with Crippen molar-refractivity contribution in [2.24, 2.45) is 4.99 Å². The van der Waals surface area contributed by atoms with Gasteiger partial charge in [-0.2, -0.15) is 0 Å². The first kappa shape index (κ1) is 17.8. The average molecular weight is 409 g/mol. The number of carbonyl (C=O) groups excluding carboxylic acids is 1. The van der Waals surface area contributed by atoms with Crippen molar-refractivity contribution in [1.82, 2.24) is 10.3 Å². The van der Waals surface area contributed by atoms with E-state index in [9.17, 15) is 4.79 Å². The molecule has 0 saturated heterocycles. The number of hydrogen-bond acceptors (Lipinski definition) is 3. The molecule has 0 saturated carbocycles. The standard InChI is InChI=1S/C20H17BrN4O/c21-17-8-6-16(7-9-17)19(26)25-20(24-18-4-2-1-3-5-18)23-14-15-10-12-22-13-11-15/h1-13H,14H2,(H2,23,24,25,26). The van der Waals surface area contributed by atoms with E-state index in [1.165, 1.54) is 0 Å². The van der Waals surface area contributed by atoms with Crippen LogP contribution >= 0.6 is 15.9 Å². The van der Waals surface area contributed by atoms with Crippen LogP contribution in [0, 0.1) is 0 Å². The molecule has 1 heterocycles. The van der Waals surface area contributed by atoms with Gasteiger partial charge < -0.3 is 5.32 Å². The van der Waals surface area contributed by atoms with Crippen molar-refractivity contribution in [2.75, 3.05) is 5.32 Å². The Labute approximate surface area is 160 Å². The summed E-state index contributed by atoms with van der Waals surface area (Å²) in [4.78, 5) is 21.0. The van der Waals surface area contributed by atoms with Crippen molar-refractivity contribution in [2.45, 2.75) is 6.54 Å². The molecule has 0 atom stereocenters. The van der Waals surface area contributed by atoms with Crippen molar-refractivity contribution < 1.29 is 4.79 Å². The minimum absolute atomic E-state index is 0.227. The van der Waals surface area contributed by atoms with Crippen LogP contribution < -0.4 is 10.6 Å². The molecule has 26 heavy (non-hydrogen) atoms. The zero-order chi connectivity index (χ0) is 18.2. The molecular weight excluding hydrogens is 392 g/mol. The normalized spacial score (nSPS) is 11.0. The minimum Gasteiger partial charge on any atom is -0.326 e. The third-order valence-corrected chi connectivity index (χ3v) is 4.07. The van der Waals surface area contributed by atoms with Gasteiger partial charge >= 0.3 is 0 Å². The third kappa shape index (κ3) is 5.26. The molecule has 2 N–H and O–H groups in total. The summed E-state index contributed by atoms with van der Waals surface area (Å²) in [6.45, 7) is 0.429. The molecule has 0 aliphatic rings. The van der Waals surface area contributed by atoms with Crippen molar-refractivity contribution in [1.29, 1.82) is 0 Å². The molecule has 0 fully saturated rings. The van der Waals surface area contributed by atoms with Crippen molar-refractivity contribution in [3.63, 3.8) is 0 Å². The molecule has 0 unspecified atom stereocenters. The van der Waals surface area contributed by atoms with Crippen LogP contribution in [0.1, 0.15) is 15.9 Å². The molecule has 130 valence electrons. The van der Waals surface area contributed by atoms with Gasteiger partial charge in [-0.15, -0.1) is 0 Å². The predicted molar refractivity (Wildman–Crippen MR) is 107 cm³/mol. The summed E-state index contributed by atoms with van der Waals surface area (Å²) in [5.41, 5.74) is 2.40. The summed E-state index contributed by atoms with van der Waals surface area (Å²) >= 11 is 3.37. The van der Waals surface area contributed by atoms with Gasteiger partial charge in [-0.3, -0.25) is 15.1 Å². The average Bonchev–Trinajstić information content (AvgIpc) is 2.68. The summed E-state index contributed by atoms with van der Waals surface area (Å²) in [5.74, 6) is 0.162. The number of halogens is 1. The number of nitrogens with one attached hydrogen (secondary N) is 2. The van der Waals surface area contributed by atoms with Crippen LogP contribution in [-0.4, -0.2) is 16.9 Å². The van der Waals surface area contributed by atoms with Gasteiger partial charge in [0.15, 0.2) is 0 Å². The number of nitrogens with zero attached hydrogens (tertiary/aromatic N) is 2. The number of benzene rings is 2. The lowest BCUT2D eigenvalue weighted by atomic mass is 10.2. The quantitative estimate of drug-likeness (QED) is 0.500. The van der Waals surface area contributed by atoms with Crippen LogP contribution in [0.2, 0.25) is 0 Å². The molecule has 3 aromatic rings. The van der Waals surface area contributed by atoms with Gasteiger partial charge in [0, 0.05) is 28.1 Å². The van der Waals surface area contributed by atoms with Crippen LogP contribution in [0.3, 0.4) is 0 Å². The van der Waals surface area contributed by atoms with E-state index < -0.39 is 0 Å². The molecular formula is C20H17BrN4O. The summed E-state index contributed by atoms with van der Waals surface area (Å²) in [6.07, 6.45) is 3.44. The van der Waals surface area contributed by atoms with E-state index >= 15 is 0 Å². The van der Waals surface area contributed by atoms with Crippen molar-refractivity contribution >= 4 is 33.5 Å². The van der Waals surface area contributed by atoms with Gasteiger partial charge in [0.05, 0.1) is 6.54 Å². The number of aliphatic imine (C=N–C) groups is 1. The zero-order valence-corrected chi connectivity index (χ0v) is 15.5. The third-order valence-electron chi connectivity index (χ3n) is 3.54. The Kier molecular flexibility index (Phi) is 6.11. The second-order valence-electron chi connectivity index (χ2n) is 5.47. The summed E-state index contributed by atoms with van der Waals surface area (Å²) < 4.78 is 0.919. The topological polar surface area (TPSA) is 66.4 Å². The Morgan fingerprint density at radius 2 is 1.65 bits per heavy atom. The lowest BCUT2D eigenvalue weighted by Crippen LogP contribution is -2.36. The highest BCUT2D eigenvalue weighted by Gasteiger charge is 2.09. The number of rotatable bonds is 4. The Morgan fingerprint density at radius 3 is 2.35 bits per heavy atom. The van der Waals surface area contributed by atoms with Gasteiger partial charge in [0.2, 0.25) is 5.96 Å². The lowest BCUT2D eigenvalue weighted by Gasteiger charge is -2.12. The van der Waals surface area contributed by atoms with Gasteiger partial charge in [-0.1, -0.05) is 34.1 Å². The first-order valence-corrected chi connectivity index (χ1v) is 8.82. The van der Waals surface area contributed by atoms with E-state index in [0.717, 1.165) is 15.7 Å². The number of guanidine groups is 1. The molecule has 1 amide bonds. The molecule has 5 nitrogen and oxygen atoms in total. The molecule has 3 rings (SSSR count). The predicted octanol–water partition coefficient (Wildman–Crippen LogP) is 4.24. The van der Waals surface area contributed by atoms with Gasteiger partial charge in [0.25, 0.3) is 5.91 Å². The molecule has 0 aliphatic heterocycles. The number of aromatic nitrogens is 1. The van der Waals surface area contributed by atoms with Gasteiger partial charge in [0.1, 0.15) is 0 Å². The fraction of sp³-hybridized carbons (Fsp3) is 0.0500. The SMILES string of the molecule is O=C(NC(=NCc1ccncc1)Nc1ccccc1)c1ccc(Br)cc1. The molecule has 6 heteroatoms. The van der Waals surface area contributed by atoms with E-state index in [2.05, 4.69) is 36.5 Å². The second kappa shape index (κ2) is 8.92. The van der Waals surface area contributed by atoms with Crippen LogP contribution in [-0.2, 0) is 6.54 Å². The Morgan fingerprint density at radius 1 is 0.962 bits per heavy atom. The number of hydrogen-bond donors (Lipinski definition) is 2. The molecule has 2 aromatic carbocycles. The number of amides is 1. The number of carbonyl (C=O) groups is 1. The van der Waals surface area contributed by atoms with Crippen LogP contribution in [0.15, 0.2) is 88.6 Å². The molecule has 0 spiro atoms. The molecule has 0 radical (unpaired) electrons. The van der Waals surface area contributed by atoms with E-state index in [0.29, 0.717) is 18.1 Å². The maximum absolute atomic E-state index is 12.5. The van der Waals surface area contributed by atoms with E-state index in [4.69, 9.17) is 0 Å². The van der Waals surface area contributed by atoms with Gasteiger partial charge in [-0.05, 0) is 54.1 Å². The first-order valence-electron chi connectivity index (χ1n) is 8.03. The van der Waals surface area contributed by atoms with Crippen LogP contribution in [0.5, 0.6) is 0 Å². The van der Waals surface area contributed by atoms with Gasteiger partial charge in [-0.25, -0.2) is 4.99 Å². The highest BCUT2D eigenvalue weighted by molar-refractivity contribution is 9.10. The molecule has 0 bridgehead atoms. The largest absolute Gasteiger partial charge is 0.326 e. The fourth-order valence-electron chi connectivity index (χ4n) is 2.21. The van der Waals surface area contributed by atoms with Crippen LogP contribution in [0.25, 0.3) is 0 Å². The number of anilines is 1. The van der Waals surface area contributed by atoms with Crippen molar-refractivity contribution in [3.8, 4) is 0 Å². The highest BCUT2D eigenvalue weighted by atomic mass is 79.9. The monoisotopic (exact) mass is 408 g/mol. The maximum atomic E-state index is 12.5. The molecule has 0 aliphatic carbocycles. The van der Waals surface area contributed by atoms with Crippen molar-refractivity contribution in [3.05, 3.63) is 94.7 Å². The Balaban J connectivity index is 1.77. The van der Waals surface area contributed by atoms with E-state index in [1.807, 2.05) is 54.6 Å².